The average molecular weight is 438 g/mol. The van der Waals surface area contributed by atoms with E-state index in [1.807, 2.05) is 6.92 Å². The zero-order chi connectivity index (χ0) is 21.9. The lowest BCUT2D eigenvalue weighted by Gasteiger charge is -2.32. The van der Waals surface area contributed by atoms with Crippen molar-refractivity contribution in [2.75, 3.05) is 13.1 Å². The first-order chi connectivity index (χ1) is 14.2. The minimum Gasteiger partial charge on any atom is -0.386 e. The molecule has 0 bridgehead atoms. The molecule has 6 nitrogen and oxygen atoms in total. The molecule has 1 heterocycles. The molecule has 1 aliphatic rings. The summed E-state index contributed by atoms with van der Waals surface area (Å²) in [5.41, 5.74) is -0.0420. The number of carbonyl (C=O) groups excluding carboxylic acids is 1. The van der Waals surface area contributed by atoms with Crippen LogP contribution in [-0.4, -0.2) is 42.9 Å². The van der Waals surface area contributed by atoms with Crippen LogP contribution in [0.2, 0.25) is 0 Å². The Hall–Kier alpha value is -2.36. The van der Waals surface area contributed by atoms with E-state index in [1.165, 1.54) is 28.6 Å². The van der Waals surface area contributed by atoms with Crippen LogP contribution in [0.3, 0.4) is 0 Å². The molecule has 0 aliphatic carbocycles. The number of rotatable bonds is 6. The first-order valence-electron chi connectivity index (χ1n) is 9.73. The van der Waals surface area contributed by atoms with Gasteiger partial charge in [0.2, 0.25) is 10.0 Å². The van der Waals surface area contributed by atoms with Crippen molar-refractivity contribution in [1.82, 2.24) is 9.62 Å². The van der Waals surface area contributed by atoms with Crippen LogP contribution in [0, 0.1) is 11.6 Å². The maximum Gasteiger partial charge on any atom is 0.251 e. The summed E-state index contributed by atoms with van der Waals surface area (Å²) in [6, 6.07) is 8.32. The van der Waals surface area contributed by atoms with E-state index in [1.54, 1.807) is 0 Å². The van der Waals surface area contributed by atoms with Gasteiger partial charge in [0, 0.05) is 36.3 Å². The summed E-state index contributed by atoms with van der Waals surface area (Å²) in [6.07, 6.45) is 1.18. The van der Waals surface area contributed by atoms with E-state index in [-0.39, 0.29) is 28.6 Å². The quantitative estimate of drug-likeness (QED) is 0.726. The lowest BCUT2D eigenvalue weighted by molar-refractivity contribution is 0.0913. The topological polar surface area (TPSA) is 86.7 Å². The lowest BCUT2D eigenvalue weighted by atomic mass is 10.1. The van der Waals surface area contributed by atoms with Gasteiger partial charge in [-0.3, -0.25) is 4.79 Å². The summed E-state index contributed by atoms with van der Waals surface area (Å²) >= 11 is 0. The zero-order valence-electron chi connectivity index (χ0n) is 16.5. The Morgan fingerprint density at radius 2 is 2.00 bits per heavy atom. The molecule has 2 N–H and O–H groups in total. The number of hydrogen-bond acceptors (Lipinski definition) is 4. The van der Waals surface area contributed by atoms with Crippen molar-refractivity contribution < 1.29 is 27.1 Å². The third kappa shape index (κ3) is 4.85. The number of halogens is 2. The van der Waals surface area contributed by atoms with Gasteiger partial charge in [-0.1, -0.05) is 18.6 Å². The first kappa shape index (κ1) is 22.3. The summed E-state index contributed by atoms with van der Waals surface area (Å²) in [5, 5.41) is 12.5. The molecule has 2 atom stereocenters. The fourth-order valence-corrected chi connectivity index (χ4v) is 5.28. The molecule has 2 aromatic carbocycles. The Balaban J connectivity index is 1.71. The van der Waals surface area contributed by atoms with Crippen molar-refractivity contribution in [3.05, 3.63) is 65.2 Å². The van der Waals surface area contributed by atoms with Crippen LogP contribution in [0.5, 0.6) is 0 Å². The Morgan fingerprint density at radius 1 is 1.23 bits per heavy atom. The predicted molar refractivity (Wildman–Crippen MR) is 107 cm³/mol. The molecular formula is C21H24F2N2O4S. The highest BCUT2D eigenvalue weighted by Gasteiger charge is 2.31. The maximum atomic E-state index is 13.8. The smallest absolute Gasteiger partial charge is 0.251 e. The summed E-state index contributed by atoms with van der Waals surface area (Å²) in [4.78, 5) is 12.5. The normalized spacial score (nSPS) is 18.7. The summed E-state index contributed by atoms with van der Waals surface area (Å²) < 4.78 is 54.1. The third-order valence-electron chi connectivity index (χ3n) is 5.22. The number of piperidine rings is 1. The molecule has 2 unspecified atom stereocenters. The van der Waals surface area contributed by atoms with Crippen molar-refractivity contribution in [2.24, 2.45) is 0 Å². The van der Waals surface area contributed by atoms with Crippen LogP contribution in [0.1, 0.15) is 48.2 Å². The molecule has 1 fully saturated rings. The number of aliphatic hydroxyl groups is 1. The monoisotopic (exact) mass is 438 g/mol. The highest BCUT2D eigenvalue weighted by molar-refractivity contribution is 7.89. The van der Waals surface area contributed by atoms with E-state index in [2.05, 4.69) is 5.32 Å². The average Bonchev–Trinajstić information content (AvgIpc) is 2.72. The Morgan fingerprint density at radius 3 is 2.70 bits per heavy atom. The summed E-state index contributed by atoms with van der Waals surface area (Å²) in [6.45, 7) is 1.99. The maximum absolute atomic E-state index is 13.8. The largest absolute Gasteiger partial charge is 0.386 e. The van der Waals surface area contributed by atoms with Gasteiger partial charge in [0.25, 0.3) is 5.91 Å². The van der Waals surface area contributed by atoms with Crippen LogP contribution in [0.15, 0.2) is 47.4 Å². The van der Waals surface area contributed by atoms with Gasteiger partial charge in [-0.25, -0.2) is 17.2 Å². The highest BCUT2D eigenvalue weighted by Crippen LogP contribution is 2.25. The number of aliphatic hydroxyl groups excluding tert-OH is 1. The fraction of sp³-hybridized carbons (Fsp3) is 0.381. The van der Waals surface area contributed by atoms with E-state index in [0.29, 0.717) is 12.6 Å². The number of carbonyl (C=O) groups is 1. The predicted octanol–water partition coefficient (Wildman–Crippen LogP) is 2.99. The molecule has 162 valence electrons. The van der Waals surface area contributed by atoms with Crippen molar-refractivity contribution in [1.29, 1.82) is 0 Å². The molecule has 0 radical (unpaired) electrons. The molecule has 1 saturated heterocycles. The number of amides is 1. The fourth-order valence-electron chi connectivity index (χ4n) is 3.54. The number of benzene rings is 2. The van der Waals surface area contributed by atoms with E-state index >= 15 is 0 Å². The number of nitrogens with zero attached hydrogens (tertiary/aromatic N) is 1. The van der Waals surface area contributed by atoms with E-state index < -0.39 is 33.7 Å². The Bertz CT molecular complexity index is 1030. The standard InChI is InChI=1S/C21H24F2N2O4S/c1-14-5-2-3-10-25(14)30(28,29)17-7-4-6-15(11-17)21(27)24-13-20(26)18-9-8-16(22)12-19(18)23/h4,6-9,11-12,14,20,26H,2-3,5,10,13H2,1H3,(H,24,27). The highest BCUT2D eigenvalue weighted by atomic mass is 32.2. The van der Waals surface area contributed by atoms with Crippen LogP contribution in [-0.2, 0) is 10.0 Å². The van der Waals surface area contributed by atoms with Gasteiger partial charge in [-0.15, -0.1) is 0 Å². The van der Waals surface area contributed by atoms with Gasteiger partial charge >= 0.3 is 0 Å². The van der Waals surface area contributed by atoms with E-state index in [4.69, 9.17) is 0 Å². The Kier molecular flexibility index (Phi) is 6.84. The van der Waals surface area contributed by atoms with Crippen molar-refractivity contribution >= 4 is 15.9 Å². The van der Waals surface area contributed by atoms with Gasteiger partial charge < -0.3 is 10.4 Å². The third-order valence-corrected chi connectivity index (χ3v) is 7.23. The molecule has 0 aromatic heterocycles. The van der Waals surface area contributed by atoms with Crippen molar-refractivity contribution in [3.8, 4) is 0 Å². The molecule has 30 heavy (non-hydrogen) atoms. The molecule has 9 heteroatoms. The number of hydrogen-bond donors (Lipinski definition) is 2. The van der Waals surface area contributed by atoms with Gasteiger partial charge in [0.15, 0.2) is 0 Å². The van der Waals surface area contributed by atoms with E-state index in [0.717, 1.165) is 31.4 Å². The zero-order valence-corrected chi connectivity index (χ0v) is 17.3. The molecule has 3 rings (SSSR count). The van der Waals surface area contributed by atoms with Gasteiger partial charge in [0.05, 0.1) is 11.0 Å². The second-order valence-corrected chi connectivity index (χ2v) is 9.27. The van der Waals surface area contributed by atoms with Gasteiger partial charge in [-0.2, -0.15) is 4.31 Å². The van der Waals surface area contributed by atoms with Crippen LogP contribution >= 0.6 is 0 Å². The summed E-state index contributed by atoms with van der Waals surface area (Å²) in [7, 11) is -3.73. The number of nitrogens with one attached hydrogen (secondary N) is 1. The second kappa shape index (κ2) is 9.20. The van der Waals surface area contributed by atoms with Crippen LogP contribution in [0.25, 0.3) is 0 Å². The molecule has 0 spiro atoms. The Labute approximate surface area is 174 Å². The molecule has 2 aromatic rings. The summed E-state index contributed by atoms with van der Waals surface area (Å²) in [5.74, 6) is -2.30. The molecular weight excluding hydrogens is 414 g/mol. The second-order valence-electron chi connectivity index (χ2n) is 7.38. The van der Waals surface area contributed by atoms with Crippen molar-refractivity contribution in [2.45, 2.75) is 43.2 Å². The molecule has 0 saturated carbocycles. The number of sulfonamides is 1. The van der Waals surface area contributed by atoms with Crippen LogP contribution in [0.4, 0.5) is 8.78 Å². The minimum absolute atomic E-state index is 0.0222. The van der Waals surface area contributed by atoms with Gasteiger partial charge in [-0.05, 0) is 44.0 Å². The molecule has 1 amide bonds. The van der Waals surface area contributed by atoms with Crippen molar-refractivity contribution in [3.63, 3.8) is 0 Å². The lowest BCUT2D eigenvalue weighted by Crippen LogP contribution is -2.42. The van der Waals surface area contributed by atoms with Crippen LogP contribution < -0.4 is 5.32 Å². The first-order valence-corrected chi connectivity index (χ1v) is 11.2. The van der Waals surface area contributed by atoms with Gasteiger partial charge in [0.1, 0.15) is 11.6 Å². The minimum atomic E-state index is -3.73. The SMILES string of the molecule is CC1CCCCN1S(=O)(=O)c1cccc(C(=O)NCC(O)c2ccc(F)cc2F)c1. The molecule has 1 aliphatic heterocycles. The van der Waals surface area contributed by atoms with E-state index in [9.17, 15) is 27.1 Å².